The van der Waals surface area contributed by atoms with Crippen LogP contribution in [0.2, 0.25) is 0 Å². The SMILES string of the molecule is COc1cc(-c2cc(C(=O)OCc3ccccn3)c3ccccc3n2)cc(OC)c1OC. The molecule has 0 saturated heterocycles. The highest BCUT2D eigenvalue weighted by molar-refractivity contribution is 6.04. The van der Waals surface area contributed by atoms with Crippen molar-refractivity contribution in [3.63, 3.8) is 0 Å². The van der Waals surface area contributed by atoms with E-state index in [1.165, 1.54) is 0 Å². The second-order valence-electron chi connectivity index (χ2n) is 6.88. The Morgan fingerprint density at radius 3 is 2.25 bits per heavy atom. The van der Waals surface area contributed by atoms with Gasteiger partial charge in [0.25, 0.3) is 0 Å². The Kier molecular flexibility index (Phi) is 6.17. The number of hydrogen-bond donors (Lipinski definition) is 0. The number of pyridine rings is 2. The Morgan fingerprint density at radius 2 is 1.59 bits per heavy atom. The fourth-order valence-corrected chi connectivity index (χ4v) is 3.42. The zero-order chi connectivity index (χ0) is 22.5. The predicted molar refractivity (Wildman–Crippen MR) is 120 cm³/mol. The molecule has 162 valence electrons. The van der Waals surface area contributed by atoms with Gasteiger partial charge in [0.1, 0.15) is 6.61 Å². The van der Waals surface area contributed by atoms with Gasteiger partial charge in [-0.3, -0.25) is 4.98 Å². The van der Waals surface area contributed by atoms with Crippen LogP contribution >= 0.6 is 0 Å². The third-order valence-electron chi connectivity index (χ3n) is 4.97. The number of rotatable bonds is 7. The van der Waals surface area contributed by atoms with Crippen LogP contribution in [0.3, 0.4) is 0 Å². The lowest BCUT2D eigenvalue weighted by atomic mass is 10.0. The van der Waals surface area contributed by atoms with Gasteiger partial charge in [0.15, 0.2) is 11.5 Å². The number of para-hydroxylation sites is 1. The number of carbonyl (C=O) groups excluding carboxylic acids is 1. The lowest BCUT2D eigenvalue weighted by Crippen LogP contribution is -2.08. The summed E-state index contributed by atoms with van der Waals surface area (Å²) in [6.07, 6.45) is 1.66. The number of nitrogens with zero attached hydrogens (tertiary/aromatic N) is 2. The molecule has 7 nitrogen and oxygen atoms in total. The van der Waals surface area contributed by atoms with Gasteiger partial charge in [-0.15, -0.1) is 0 Å². The summed E-state index contributed by atoms with van der Waals surface area (Å²) in [7, 11) is 4.65. The third-order valence-corrected chi connectivity index (χ3v) is 4.97. The van der Waals surface area contributed by atoms with Crippen molar-refractivity contribution in [2.24, 2.45) is 0 Å². The summed E-state index contributed by atoms with van der Waals surface area (Å²) >= 11 is 0. The van der Waals surface area contributed by atoms with Crippen molar-refractivity contribution in [3.8, 4) is 28.5 Å². The zero-order valence-electron chi connectivity index (χ0n) is 18.0. The van der Waals surface area contributed by atoms with E-state index in [0.717, 1.165) is 0 Å². The standard InChI is InChI=1S/C25H22N2O5/c1-29-22-12-16(13-23(30-2)24(22)31-3)21-14-19(18-9-4-5-10-20(18)27-21)25(28)32-15-17-8-6-7-11-26-17/h4-14H,15H2,1-3H3. The van der Waals surface area contributed by atoms with Crippen LogP contribution in [0.4, 0.5) is 0 Å². The molecule has 0 amide bonds. The Hall–Kier alpha value is -4.13. The number of methoxy groups -OCH3 is 3. The maximum absolute atomic E-state index is 13.0. The minimum atomic E-state index is -0.456. The molecule has 0 atom stereocenters. The molecule has 0 unspecified atom stereocenters. The lowest BCUT2D eigenvalue weighted by molar-refractivity contribution is 0.0470. The summed E-state index contributed by atoms with van der Waals surface area (Å²) in [6.45, 7) is 0.0792. The van der Waals surface area contributed by atoms with Gasteiger partial charge in [0.05, 0.1) is 43.8 Å². The highest BCUT2D eigenvalue weighted by Crippen LogP contribution is 2.41. The molecule has 0 bridgehead atoms. The van der Waals surface area contributed by atoms with Crippen molar-refractivity contribution in [3.05, 3.63) is 78.1 Å². The van der Waals surface area contributed by atoms with E-state index in [1.807, 2.05) is 36.4 Å². The number of hydrogen-bond acceptors (Lipinski definition) is 7. The van der Waals surface area contributed by atoms with Gasteiger partial charge in [-0.05, 0) is 36.4 Å². The quantitative estimate of drug-likeness (QED) is 0.394. The van der Waals surface area contributed by atoms with Crippen molar-refractivity contribution in [2.75, 3.05) is 21.3 Å². The summed E-state index contributed by atoms with van der Waals surface area (Å²) < 4.78 is 21.9. The lowest BCUT2D eigenvalue weighted by Gasteiger charge is -2.15. The Labute approximate surface area is 185 Å². The van der Waals surface area contributed by atoms with Crippen LogP contribution in [-0.4, -0.2) is 37.3 Å². The van der Waals surface area contributed by atoms with Crippen LogP contribution in [-0.2, 0) is 11.3 Å². The van der Waals surface area contributed by atoms with E-state index >= 15 is 0 Å². The van der Waals surface area contributed by atoms with E-state index in [4.69, 9.17) is 23.9 Å². The molecule has 0 saturated carbocycles. The third kappa shape index (κ3) is 4.18. The number of aromatic nitrogens is 2. The molecular weight excluding hydrogens is 408 g/mol. The molecule has 32 heavy (non-hydrogen) atoms. The number of ether oxygens (including phenoxy) is 4. The smallest absolute Gasteiger partial charge is 0.339 e. The average Bonchev–Trinajstić information content (AvgIpc) is 2.86. The molecule has 2 aromatic carbocycles. The Balaban J connectivity index is 1.78. The summed E-state index contributed by atoms with van der Waals surface area (Å²) in [5, 5.41) is 0.703. The minimum Gasteiger partial charge on any atom is -0.493 e. The molecule has 0 aliphatic rings. The van der Waals surface area contributed by atoms with E-state index in [0.29, 0.717) is 50.7 Å². The molecular formula is C25H22N2O5. The van der Waals surface area contributed by atoms with Crippen molar-refractivity contribution >= 4 is 16.9 Å². The number of esters is 1. The van der Waals surface area contributed by atoms with Crippen LogP contribution in [0.15, 0.2) is 66.9 Å². The number of carbonyl (C=O) groups is 1. The van der Waals surface area contributed by atoms with Crippen molar-refractivity contribution in [2.45, 2.75) is 6.61 Å². The molecule has 0 spiro atoms. The van der Waals surface area contributed by atoms with Gasteiger partial charge in [0, 0.05) is 17.1 Å². The van der Waals surface area contributed by atoms with Crippen LogP contribution in [0.1, 0.15) is 16.1 Å². The van der Waals surface area contributed by atoms with Gasteiger partial charge in [0.2, 0.25) is 5.75 Å². The van der Waals surface area contributed by atoms with Gasteiger partial charge in [-0.25, -0.2) is 9.78 Å². The Morgan fingerprint density at radius 1 is 0.875 bits per heavy atom. The molecule has 0 N–H and O–H groups in total. The predicted octanol–water partition coefficient (Wildman–Crippen LogP) is 4.68. The molecule has 4 rings (SSSR count). The topological polar surface area (TPSA) is 79.8 Å². The summed E-state index contributed by atoms with van der Waals surface area (Å²) in [5.41, 5.74) is 3.04. The van der Waals surface area contributed by atoms with Gasteiger partial charge >= 0.3 is 5.97 Å². The first-order chi connectivity index (χ1) is 15.6. The molecule has 2 aromatic heterocycles. The molecule has 2 heterocycles. The highest BCUT2D eigenvalue weighted by Gasteiger charge is 2.19. The first kappa shape index (κ1) is 21.1. The number of benzene rings is 2. The van der Waals surface area contributed by atoms with Gasteiger partial charge in [-0.2, -0.15) is 0 Å². The monoisotopic (exact) mass is 430 g/mol. The van der Waals surface area contributed by atoms with Gasteiger partial charge < -0.3 is 18.9 Å². The fourth-order valence-electron chi connectivity index (χ4n) is 3.42. The van der Waals surface area contributed by atoms with Crippen LogP contribution in [0.5, 0.6) is 17.2 Å². The second-order valence-corrected chi connectivity index (χ2v) is 6.88. The van der Waals surface area contributed by atoms with E-state index in [2.05, 4.69) is 4.98 Å². The van der Waals surface area contributed by atoms with Crippen LogP contribution in [0.25, 0.3) is 22.2 Å². The van der Waals surface area contributed by atoms with E-state index < -0.39 is 5.97 Å². The normalized spacial score (nSPS) is 10.6. The zero-order valence-corrected chi connectivity index (χ0v) is 18.0. The molecule has 4 aromatic rings. The maximum atomic E-state index is 13.0. The molecule has 0 fully saturated rings. The largest absolute Gasteiger partial charge is 0.493 e. The average molecular weight is 430 g/mol. The van der Waals surface area contributed by atoms with E-state index in [9.17, 15) is 4.79 Å². The first-order valence-electron chi connectivity index (χ1n) is 9.91. The maximum Gasteiger partial charge on any atom is 0.339 e. The van der Waals surface area contributed by atoms with Gasteiger partial charge in [-0.1, -0.05) is 24.3 Å². The first-order valence-corrected chi connectivity index (χ1v) is 9.91. The van der Waals surface area contributed by atoms with E-state index in [-0.39, 0.29) is 6.61 Å². The molecule has 0 radical (unpaired) electrons. The summed E-state index contributed by atoms with van der Waals surface area (Å²) in [4.78, 5) is 22.0. The molecule has 0 aliphatic heterocycles. The highest BCUT2D eigenvalue weighted by atomic mass is 16.5. The molecule has 7 heteroatoms. The van der Waals surface area contributed by atoms with Crippen molar-refractivity contribution in [1.29, 1.82) is 0 Å². The second kappa shape index (κ2) is 9.34. The van der Waals surface area contributed by atoms with E-state index in [1.54, 1.807) is 51.8 Å². The number of fused-ring (bicyclic) bond motifs is 1. The minimum absolute atomic E-state index is 0.0792. The summed E-state index contributed by atoms with van der Waals surface area (Å²) in [5.74, 6) is 1.02. The van der Waals surface area contributed by atoms with Crippen LogP contribution < -0.4 is 14.2 Å². The fraction of sp³-hybridized carbons (Fsp3) is 0.160. The van der Waals surface area contributed by atoms with Crippen LogP contribution in [0, 0.1) is 0 Å². The van der Waals surface area contributed by atoms with Crippen molar-refractivity contribution in [1.82, 2.24) is 9.97 Å². The molecule has 0 aliphatic carbocycles. The Bertz CT molecular complexity index is 1230. The summed E-state index contributed by atoms with van der Waals surface area (Å²) in [6, 6.07) is 18.2. The van der Waals surface area contributed by atoms with Crippen molar-refractivity contribution < 1.29 is 23.7 Å².